The van der Waals surface area contributed by atoms with Gasteiger partial charge in [0, 0.05) is 18.3 Å². The first-order valence-corrected chi connectivity index (χ1v) is 5.52. The fourth-order valence-corrected chi connectivity index (χ4v) is 1.56. The molecule has 0 aromatic heterocycles. The first kappa shape index (κ1) is 12.7. The van der Waals surface area contributed by atoms with Crippen LogP contribution in [0.4, 0.5) is 0 Å². The SMILES string of the molecule is CNC(=O)CNC(C)C(CO)SC. The van der Waals surface area contributed by atoms with Crippen LogP contribution in [-0.4, -0.2) is 48.8 Å². The van der Waals surface area contributed by atoms with Crippen LogP contribution in [0.25, 0.3) is 0 Å². The van der Waals surface area contributed by atoms with Gasteiger partial charge in [-0.2, -0.15) is 11.8 Å². The molecule has 78 valence electrons. The van der Waals surface area contributed by atoms with Crippen LogP contribution < -0.4 is 10.6 Å². The van der Waals surface area contributed by atoms with Crippen LogP contribution in [0.2, 0.25) is 0 Å². The molecule has 0 aliphatic heterocycles. The minimum absolute atomic E-state index is 0.0374. The molecule has 0 rings (SSSR count). The summed E-state index contributed by atoms with van der Waals surface area (Å²) >= 11 is 1.59. The lowest BCUT2D eigenvalue weighted by molar-refractivity contribution is -0.119. The number of rotatable bonds is 6. The standard InChI is InChI=1S/C8H18N2O2S/c1-6(7(5-11)13-3)10-4-8(12)9-2/h6-7,10-11H,4-5H2,1-3H3,(H,9,12). The van der Waals surface area contributed by atoms with Gasteiger partial charge in [-0.25, -0.2) is 0 Å². The van der Waals surface area contributed by atoms with Gasteiger partial charge in [0.05, 0.1) is 13.2 Å². The third-order valence-electron chi connectivity index (χ3n) is 1.90. The molecular weight excluding hydrogens is 188 g/mol. The second kappa shape index (κ2) is 7.17. The van der Waals surface area contributed by atoms with Gasteiger partial charge in [0.2, 0.25) is 5.91 Å². The molecule has 3 N–H and O–H groups in total. The van der Waals surface area contributed by atoms with Crippen molar-refractivity contribution in [3.05, 3.63) is 0 Å². The van der Waals surface area contributed by atoms with E-state index in [1.165, 1.54) is 0 Å². The van der Waals surface area contributed by atoms with Crippen LogP contribution in [0.15, 0.2) is 0 Å². The van der Waals surface area contributed by atoms with Gasteiger partial charge in [0.25, 0.3) is 0 Å². The Balaban J connectivity index is 3.71. The van der Waals surface area contributed by atoms with Crippen molar-refractivity contribution in [2.75, 3.05) is 26.5 Å². The van der Waals surface area contributed by atoms with E-state index >= 15 is 0 Å². The Kier molecular flexibility index (Phi) is 7.03. The van der Waals surface area contributed by atoms with Crippen LogP contribution in [0.1, 0.15) is 6.92 Å². The van der Waals surface area contributed by atoms with Crippen molar-refractivity contribution in [2.45, 2.75) is 18.2 Å². The molecule has 2 unspecified atom stereocenters. The molecule has 0 bridgehead atoms. The molecule has 0 spiro atoms. The third kappa shape index (κ3) is 5.13. The Morgan fingerprint density at radius 1 is 1.62 bits per heavy atom. The normalized spacial score (nSPS) is 15.1. The van der Waals surface area contributed by atoms with E-state index in [1.807, 2.05) is 13.2 Å². The zero-order chi connectivity index (χ0) is 10.3. The summed E-state index contributed by atoms with van der Waals surface area (Å²) in [6.45, 7) is 2.39. The van der Waals surface area contributed by atoms with E-state index < -0.39 is 0 Å². The molecule has 0 aromatic carbocycles. The van der Waals surface area contributed by atoms with Crippen molar-refractivity contribution in [1.82, 2.24) is 10.6 Å². The van der Waals surface area contributed by atoms with Gasteiger partial charge in [-0.15, -0.1) is 0 Å². The lowest BCUT2D eigenvalue weighted by atomic mass is 10.2. The average molecular weight is 206 g/mol. The Morgan fingerprint density at radius 2 is 2.23 bits per heavy atom. The highest BCUT2D eigenvalue weighted by molar-refractivity contribution is 7.99. The van der Waals surface area contributed by atoms with E-state index in [1.54, 1.807) is 18.8 Å². The molecular formula is C8H18N2O2S. The van der Waals surface area contributed by atoms with Crippen molar-refractivity contribution in [1.29, 1.82) is 0 Å². The number of nitrogens with one attached hydrogen (secondary N) is 2. The third-order valence-corrected chi connectivity index (χ3v) is 3.07. The first-order valence-electron chi connectivity index (χ1n) is 4.23. The topological polar surface area (TPSA) is 61.4 Å². The number of amides is 1. The van der Waals surface area contributed by atoms with Gasteiger partial charge in [0.15, 0.2) is 0 Å². The largest absolute Gasteiger partial charge is 0.395 e. The monoisotopic (exact) mass is 206 g/mol. The Bertz CT molecular complexity index is 151. The van der Waals surface area contributed by atoms with Crippen molar-refractivity contribution >= 4 is 17.7 Å². The van der Waals surface area contributed by atoms with Crippen LogP contribution in [0.3, 0.4) is 0 Å². The maximum Gasteiger partial charge on any atom is 0.233 e. The number of hydrogen-bond donors (Lipinski definition) is 3. The summed E-state index contributed by atoms with van der Waals surface area (Å²) in [7, 11) is 1.60. The fourth-order valence-electron chi connectivity index (χ4n) is 0.910. The lowest BCUT2D eigenvalue weighted by Gasteiger charge is -2.20. The lowest BCUT2D eigenvalue weighted by Crippen LogP contribution is -2.42. The smallest absolute Gasteiger partial charge is 0.233 e. The van der Waals surface area contributed by atoms with E-state index in [9.17, 15) is 4.79 Å². The zero-order valence-electron chi connectivity index (χ0n) is 8.33. The van der Waals surface area contributed by atoms with Gasteiger partial charge in [-0.1, -0.05) is 0 Å². The summed E-state index contributed by atoms with van der Waals surface area (Å²) in [5.41, 5.74) is 0. The highest BCUT2D eigenvalue weighted by Gasteiger charge is 2.14. The quantitative estimate of drug-likeness (QED) is 0.545. The summed E-state index contributed by atoms with van der Waals surface area (Å²) in [5, 5.41) is 14.7. The average Bonchev–Trinajstić information content (AvgIpc) is 2.16. The predicted octanol–water partition coefficient (Wildman–Crippen LogP) is -0.566. The Labute approximate surface area is 83.5 Å². The molecule has 1 amide bonds. The van der Waals surface area contributed by atoms with Crippen molar-refractivity contribution in [3.8, 4) is 0 Å². The zero-order valence-corrected chi connectivity index (χ0v) is 9.15. The molecule has 0 fully saturated rings. The van der Waals surface area contributed by atoms with Crippen LogP contribution in [0, 0.1) is 0 Å². The number of aliphatic hydroxyl groups is 1. The summed E-state index contributed by atoms with van der Waals surface area (Å²) in [5.74, 6) is -0.0374. The second-order valence-electron chi connectivity index (χ2n) is 2.80. The molecule has 0 aromatic rings. The number of carbonyl (C=O) groups excluding carboxylic acids is 1. The highest BCUT2D eigenvalue weighted by atomic mass is 32.2. The second-order valence-corrected chi connectivity index (χ2v) is 3.88. The molecule has 0 saturated carbocycles. The van der Waals surface area contributed by atoms with Gasteiger partial charge in [0.1, 0.15) is 0 Å². The molecule has 4 nitrogen and oxygen atoms in total. The molecule has 0 saturated heterocycles. The van der Waals surface area contributed by atoms with E-state index in [4.69, 9.17) is 5.11 Å². The van der Waals surface area contributed by atoms with E-state index in [-0.39, 0.29) is 23.8 Å². The Hall–Kier alpha value is -0.260. The molecule has 5 heteroatoms. The molecule has 2 atom stereocenters. The van der Waals surface area contributed by atoms with E-state index in [0.29, 0.717) is 6.54 Å². The number of likely N-dealkylation sites (N-methyl/N-ethyl adjacent to an activating group) is 1. The maximum atomic E-state index is 10.9. The summed E-state index contributed by atoms with van der Waals surface area (Å²) in [4.78, 5) is 10.9. The molecule has 13 heavy (non-hydrogen) atoms. The first-order chi connectivity index (χ1) is 6.15. The van der Waals surface area contributed by atoms with Gasteiger partial charge in [-0.3, -0.25) is 4.79 Å². The number of carbonyl (C=O) groups is 1. The van der Waals surface area contributed by atoms with Crippen LogP contribution in [0.5, 0.6) is 0 Å². The molecule has 0 aliphatic carbocycles. The summed E-state index contributed by atoms with van der Waals surface area (Å²) in [6, 6.07) is 0.136. The van der Waals surface area contributed by atoms with Crippen molar-refractivity contribution in [3.63, 3.8) is 0 Å². The Morgan fingerprint density at radius 3 is 2.62 bits per heavy atom. The van der Waals surface area contributed by atoms with Crippen LogP contribution >= 0.6 is 11.8 Å². The van der Waals surface area contributed by atoms with Crippen molar-refractivity contribution < 1.29 is 9.90 Å². The maximum absolute atomic E-state index is 10.9. The van der Waals surface area contributed by atoms with Gasteiger partial charge >= 0.3 is 0 Å². The summed E-state index contributed by atoms with van der Waals surface area (Å²) in [6.07, 6.45) is 1.94. The number of hydrogen-bond acceptors (Lipinski definition) is 4. The fraction of sp³-hybridized carbons (Fsp3) is 0.875. The number of thioether (sulfide) groups is 1. The summed E-state index contributed by atoms with van der Waals surface area (Å²) < 4.78 is 0. The van der Waals surface area contributed by atoms with Gasteiger partial charge < -0.3 is 15.7 Å². The van der Waals surface area contributed by atoms with Gasteiger partial charge in [-0.05, 0) is 13.2 Å². The van der Waals surface area contributed by atoms with E-state index in [0.717, 1.165) is 0 Å². The van der Waals surface area contributed by atoms with E-state index in [2.05, 4.69) is 10.6 Å². The predicted molar refractivity (Wildman–Crippen MR) is 55.9 cm³/mol. The number of aliphatic hydroxyl groups excluding tert-OH is 1. The molecule has 0 aliphatic rings. The molecule has 0 heterocycles. The minimum Gasteiger partial charge on any atom is -0.395 e. The minimum atomic E-state index is -0.0374. The van der Waals surface area contributed by atoms with Crippen LogP contribution in [-0.2, 0) is 4.79 Å². The highest BCUT2D eigenvalue weighted by Crippen LogP contribution is 2.09. The molecule has 0 radical (unpaired) electrons. The van der Waals surface area contributed by atoms with Crippen molar-refractivity contribution in [2.24, 2.45) is 0 Å².